The summed E-state index contributed by atoms with van der Waals surface area (Å²) in [5.74, 6) is 2.19. The fourth-order valence-electron chi connectivity index (χ4n) is 3.36. The Morgan fingerprint density at radius 2 is 1.88 bits per heavy atom. The maximum atomic E-state index is 11.8. The van der Waals surface area contributed by atoms with Gasteiger partial charge in [-0.2, -0.15) is 0 Å². The lowest BCUT2D eigenvalue weighted by molar-refractivity contribution is -0.132. The topological polar surface area (TPSA) is 65.5 Å². The number of carbonyl (C=O) groups is 2. The van der Waals surface area contributed by atoms with Crippen molar-refractivity contribution in [1.29, 1.82) is 0 Å². The van der Waals surface area contributed by atoms with Crippen molar-refractivity contribution in [2.75, 3.05) is 52.9 Å². The lowest BCUT2D eigenvalue weighted by atomic mass is 10.2. The van der Waals surface area contributed by atoms with Crippen LogP contribution in [0.25, 0.3) is 0 Å². The second kappa shape index (κ2) is 10.2. The number of rotatable bonds is 7. The van der Waals surface area contributed by atoms with Gasteiger partial charge >= 0.3 is 0 Å². The summed E-state index contributed by atoms with van der Waals surface area (Å²) in [6, 6.07) is 0. The highest BCUT2D eigenvalue weighted by atomic mass is 16.5. The van der Waals surface area contributed by atoms with Gasteiger partial charge in [0.05, 0.1) is 12.4 Å². The molecular formula is C19H32N4O3. The zero-order valence-electron chi connectivity index (χ0n) is 16.4. The lowest BCUT2D eigenvalue weighted by Gasteiger charge is -2.35. The number of amidine groups is 1. The number of amides is 2. The van der Waals surface area contributed by atoms with Gasteiger partial charge < -0.3 is 19.4 Å². The zero-order chi connectivity index (χ0) is 18.9. The second-order valence-corrected chi connectivity index (χ2v) is 6.74. The van der Waals surface area contributed by atoms with Crippen LogP contribution in [0.2, 0.25) is 0 Å². The molecule has 0 N–H and O–H groups in total. The van der Waals surface area contributed by atoms with Gasteiger partial charge in [-0.1, -0.05) is 6.92 Å². The first kappa shape index (κ1) is 20.3. The highest BCUT2D eigenvalue weighted by molar-refractivity contribution is 5.93. The monoisotopic (exact) mass is 364 g/mol. The second-order valence-electron chi connectivity index (χ2n) is 6.74. The van der Waals surface area contributed by atoms with E-state index in [1.807, 2.05) is 29.7 Å². The van der Waals surface area contributed by atoms with Crippen molar-refractivity contribution < 1.29 is 14.3 Å². The quantitative estimate of drug-likeness (QED) is 0.297. The number of likely N-dealkylation sites (tertiary alicyclic amines) is 1. The Labute approximate surface area is 156 Å². The number of carbonyl (C=O) groups excluding carboxylic acids is 2. The maximum absolute atomic E-state index is 11.8. The smallest absolute Gasteiger partial charge is 0.222 e. The molecule has 7 heteroatoms. The van der Waals surface area contributed by atoms with Crippen LogP contribution in [0.1, 0.15) is 39.5 Å². The SMILES string of the molecule is CCC(=O)N1CCN(C(/C=C(\C)OCCCN2CCCC2=O)=NC)CC1. The van der Waals surface area contributed by atoms with Gasteiger partial charge in [0.2, 0.25) is 11.8 Å². The summed E-state index contributed by atoms with van der Waals surface area (Å²) >= 11 is 0. The molecule has 0 saturated carbocycles. The predicted molar refractivity (Wildman–Crippen MR) is 102 cm³/mol. The van der Waals surface area contributed by atoms with Crippen LogP contribution in [0.5, 0.6) is 0 Å². The van der Waals surface area contributed by atoms with Gasteiger partial charge in [0.25, 0.3) is 0 Å². The molecule has 7 nitrogen and oxygen atoms in total. The van der Waals surface area contributed by atoms with Crippen LogP contribution in [-0.2, 0) is 14.3 Å². The zero-order valence-corrected chi connectivity index (χ0v) is 16.4. The summed E-state index contributed by atoms with van der Waals surface area (Å²) in [5, 5.41) is 0. The van der Waals surface area contributed by atoms with Crippen molar-refractivity contribution in [2.24, 2.45) is 4.99 Å². The van der Waals surface area contributed by atoms with Gasteiger partial charge in [-0.25, -0.2) is 0 Å². The number of allylic oxidation sites excluding steroid dienone is 1. The van der Waals surface area contributed by atoms with Crippen LogP contribution in [0.15, 0.2) is 16.8 Å². The van der Waals surface area contributed by atoms with Crippen molar-refractivity contribution in [3.05, 3.63) is 11.8 Å². The van der Waals surface area contributed by atoms with E-state index in [9.17, 15) is 9.59 Å². The van der Waals surface area contributed by atoms with E-state index in [-0.39, 0.29) is 11.8 Å². The number of nitrogens with zero attached hydrogens (tertiary/aromatic N) is 4. The molecule has 2 rings (SSSR count). The first-order valence-electron chi connectivity index (χ1n) is 9.63. The fourth-order valence-corrected chi connectivity index (χ4v) is 3.36. The van der Waals surface area contributed by atoms with E-state index in [0.29, 0.717) is 19.4 Å². The van der Waals surface area contributed by atoms with E-state index in [2.05, 4.69) is 9.89 Å². The van der Waals surface area contributed by atoms with E-state index in [4.69, 9.17) is 4.74 Å². The summed E-state index contributed by atoms with van der Waals surface area (Å²) < 4.78 is 5.79. The molecule has 2 amide bonds. The molecule has 2 aliphatic rings. The summed E-state index contributed by atoms with van der Waals surface area (Å²) in [7, 11) is 1.78. The Balaban J connectivity index is 1.73. The van der Waals surface area contributed by atoms with Crippen molar-refractivity contribution in [3.8, 4) is 0 Å². The number of ether oxygens (including phenoxy) is 1. The third-order valence-corrected chi connectivity index (χ3v) is 4.89. The van der Waals surface area contributed by atoms with E-state index in [1.54, 1.807) is 7.05 Å². The Hall–Kier alpha value is -2.05. The number of hydrogen-bond donors (Lipinski definition) is 0. The van der Waals surface area contributed by atoms with Crippen molar-refractivity contribution >= 4 is 17.6 Å². The van der Waals surface area contributed by atoms with Gasteiger partial charge in [-0.05, 0) is 19.8 Å². The molecule has 0 spiro atoms. The molecule has 0 aromatic carbocycles. The van der Waals surface area contributed by atoms with Gasteiger partial charge in [0.1, 0.15) is 5.84 Å². The van der Waals surface area contributed by atoms with Crippen LogP contribution in [0.4, 0.5) is 0 Å². The van der Waals surface area contributed by atoms with Crippen molar-refractivity contribution in [1.82, 2.24) is 14.7 Å². The van der Waals surface area contributed by atoms with Gasteiger partial charge in [0, 0.05) is 65.2 Å². The molecule has 26 heavy (non-hydrogen) atoms. The third kappa shape index (κ3) is 5.75. The molecule has 2 saturated heterocycles. The molecule has 2 fully saturated rings. The summed E-state index contributed by atoms with van der Waals surface area (Å²) in [6.07, 6.45) is 5.02. The Kier molecular flexibility index (Phi) is 7.94. The molecule has 2 aliphatic heterocycles. The largest absolute Gasteiger partial charge is 0.498 e. The number of piperazine rings is 1. The minimum absolute atomic E-state index is 0.214. The molecule has 0 atom stereocenters. The Bertz CT molecular complexity index is 551. The fraction of sp³-hybridized carbons (Fsp3) is 0.737. The first-order chi connectivity index (χ1) is 12.5. The number of hydrogen-bond acceptors (Lipinski definition) is 4. The first-order valence-corrected chi connectivity index (χ1v) is 9.63. The van der Waals surface area contributed by atoms with E-state index < -0.39 is 0 Å². The van der Waals surface area contributed by atoms with Crippen LogP contribution < -0.4 is 0 Å². The molecular weight excluding hydrogens is 332 g/mol. The highest BCUT2D eigenvalue weighted by Gasteiger charge is 2.21. The normalized spacial score (nSPS) is 19.3. The summed E-state index contributed by atoms with van der Waals surface area (Å²) in [4.78, 5) is 33.7. The molecule has 146 valence electrons. The highest BCUT2D eigenvalue weighted by Crippen LogP contribution is 2.11. The molecule has 0 bridgehead atoms. The molecule has 0 aliphatic carbocycles. The molecule has 0 aromatic heterocycles. The minimum atomic E-state index is 0.214. The Morgan fingerprint density at radius 3 is 2.46 bits per heavy atom. The van der Waals surface area contributed by atoms with Crippen LogP contribution in [0.3, 0.4) is 0 Å². The molecule has 0 unspecified atom stereocenters. The van der Waals surface area contributed by atoms with E-state index in [1.165, 1.54) is 0 Å². The van der Waals surface area contributed by atoms with Gasteiger partial charge in [-0.3, -0.25) is 14.6 Å². The molecule has 0 aromatic rings. The van der Waals surface area contributed by atoms with Crippen LogP contribution >= 0.6 is 0 Å². The summed E-state index contributed by atoms with van der Waals surface area (Å²) in [5.41, 5.74) is 0. The van der Waals surface area contributed by atoms with E-state index in [0.717, 1.165) is 63.7 Å². The summed E-state index contributed by atoms with van der Waals surface area (Å²) in [6.45, 7) is 9.15. The van der Waals surface area contributed by atoms with Gasteiger partial charge in [0.15, 0.2) is 0 Å². The van der Waals surface area contributed by atoms with Crippen molar-refractivity contribution in [3.63, 3.8) is 0 Å². The van der Waals surface area contributed by atoms with Crippen molar-refractivity contribution in [2.45, 2.75) is 39.5 Å². The lowest BCUT2D eigenvalue weighted by Crippen LogP contribution is -2.50. The average molecular weight is 364 g/mol. The predicted octanol–water partition coefficient (Wildman–Crippen LogP) is 1.50. The average Bonchev–Trinajstić information content (AvgIpc) is 3.07. The molecule has 0 radical (unpaired) electrons. The van der Waals surface area contributed by atoms with Crippen LogP contribution in [-0.4, -0.2) is 85.3 Å². The van der Waals surface area contributed by atoms with Crippen LogP contribution in [0, 0.1) is 0 Å². The van der Waals surface area contributed by atoms with Gasteiger partial charge in [-0.15, -0.1) is 0 Å². The molecule has 2 heterocycles. The maximum Gasteiger partial charge on any atom is 0.222 e. The Morgan fingerprint density at radius 1 is 1.19 bits per heavy atom. The third-order valence-electron chi connectivity index (χ3n) is 4.89. The minimum Gasteiger partial charge on any atom is -0.498 e. The standard InChI is InChI=1S/C19H32N4O3/c1-4-18(24)23-12-10-21(11-13-23)17(20-3)15-16(2)26-14-6-9-22-8-5-7-19(22)25/h15H,4-14H2,1-3H3/b16-15+,20-17?. The number of aliphatic imine (C=N–C) groups is 1. The van der Waals surface area contributed by atoms with E-state index >= 15 is 0 Å².